The van der Waals surface area contributed by atoms with Crippen LogP contribution < -0.4 is 4.90 Å². The highest BCUT2D eigenvalue weighted by Gasteiger charge is 2.24. The van der Waals surface area contributed by atoms with Crippen LogP contribution in [0.2, 0.25) is 0 Å². The van der Waals surface area contributed by atoms with Crippen LogP contribution in [0.1, 0.15) is 12.6 Å². The maximum atomic E-state index is 9.16. The maximum Gasteiger partial charge on any atom is 0.142 e. The van der Waals surface area contributed by atoms with Gasteiger partial charge < -0.3 is 14.7 Å². The number of pyridine rings is 1. The first-order chi connectivity index (χ1) is 8.22. The molecule has 5 nitrogen and oxygen atoms in total. The predicted molar refractivity (Wildman–Crippen MR) is 62.6 cm³/mol. The van der Waals surface area contributed by atoms with Gasteiger partial charge in [0.15, 0.2) is 0 Å². The van der Waals surface area contributed by atoms with E-state index in [1.54, 1.807) is 12.3 Å². The summed E-state index contributed by atoms with van der Waals surface area (Å²) in [6.07, 6.45) is 1.53. The average Bonchev–Trinajstić information content (AvgIpc) is 2.38. The molecule has 2 unspecified atom stereocenters. The van der Waals surface area contributed by atoms with Crippen molar-refractivity contribution in [2.24, 2.45) is 0 Å². The zero-order valence-corrected chi connectivity index (χ0v) is 9.71. The van der Waals surface area contributed by atoms with E-state index in [9.17, 15) is 0 Å². The lowest BCUT2D eigenvalue weighted by atomic mass is 10.2. The highest BCUT2D eigenvalue weighted by Crippen LogP contribution is 2.20. The van der Waals surface area contributed by atoms with Gasteiger partial charge in [-0.25, -0.2) is 4.98 Å². The Bertz CT molecular complexity index is 430. The number of hydrogen-bond acceptors (Lipinski definition) is 5. The largest absolute Gasteiger partial charge is 0.394 e. The van der Waals surface area contributed by atoms with Crippen molar-refractivity contribution >= 4 is 5.69 Å². The van der Waals surface area contributed by atoms with Crippen molar-refractivity contribution in [3.8, 4) is 6.07 Å². The van der Waals surface area contributed by atoms with Gasteiger partial charge >= 0.3 is 0 Å². The van der Waals surface area contributed by atoms with Crippen LogP contribution in [0.15, 0.2) is 18.3 Å². The third kappa shape index (κ3) is 2.73. The Morgan fingerprint density at radius 2 is 2.47 bits per heavy atom. The first kappa shape index (κ1) is 11.8. The number of aliphatic hydroxyl groups is 1. The lowest BCUT2D eigenvalue weighted by Gasteiger charge is -2.37. The maximum absolute atomic E-state index is 9.16. The summed E-state index contributed by atoms with van der Waals surface area (Å²) in [6, 6.07) is 5.65. The minimum atomic E-state index is -0.169. The molecule has 1 saturated heterocycles. The van der Waals surface area contributed by atoms with Crippen LogP contribution in [-0.2, 0) is 4.74 Å². The SMILES string of the molecule is CC1CN(c2ccnc(C#N)c2)CC(CO)O1. The zero-order chi connectivity index (χ0) is 12.3. The average molecular weight is 233 g/mol. The lowest BCUT2D eigenvalue weighted by molar-refractivity contribution is -0.0421. The fourth-order valence-electron chi connectivity index (χ4n) is 2.03. The van der Waals surface area contributed by atoms with Crippen LogP contribution in [0.25, 0.3) is 0 Å². The zero-order valence-electron chi connectivity index (χ0n) is 9.71. The molecule has 90 valence electrons. The number of morpholine rings is 1. The van der Waals surface area contributed by atoms with Gasteiger partial charge in [-0.1, -0.05) is 0 Å². The fourth-order valence-corrected chi connectivity index (χ4v) is 2.03. The number of ether oxygens (including phenoxy) is 1. The van der Waals surface area contributed by atoms with E-state index in [4.69, 9.17) is 15.1 Å². The number of rotatable bonds is 2. The molecule has 5 heteroatoms. The molecule has 1 aromatic rings. The van der Waals surface area contributed by atoms with Crippen LogP contribution in [0.4, 0.5) is 5.69 Å². The number of hydrogen-bond donors (Lipinski definition) is 1. The van der Waals surface area contributed by atoms with Crippen LogP contribution in [0.3, 0.4) is 0 Å². The van der Waals surface area contributed by atoms with E-state index in [-0.39, 0.29) is 18.8 Å². The summed E-state index contributed by atoms with van der Waals surface area (Å²) in [6.45, 7) is 3.37. The van der Waals surface area contributed by atoms with Crippen molar-refractivity contribution in [2.45, 2.75) is 19.1 Å². The summed E-state index contributed by atoms with van der Waals surface area (Å²) >= 11 is 0. The molecule has 0 aliphatic carbocycles. The summed E-state index contributed by atoms with van der Waals surface area (Å²) in [7, 11) is 0. The van der Waals surface area contributed by atoms with Gasteiger partial charge in [0.1, 0.15) is 11.8 Å². The van der Waals surface area contributed by atoms with Crippen molar-refractivity contribution in [2.75, 3.05) is 24.6 Å². The third-order valence-corrected chi connectivity index (χ3v) is 2.75. The molecule has 1 N–H and O–H groups in total. The van der Waals surface area contributed by atoms with Gasteiger partial charge in [0, 0.05) is 25.0 Å². The van der Waals surface area contributed by atoms with Gasteiger partial charge in [0.05, 0.1) is 18.8 Å². The van der Waals surface area contributed by atoms with E-state index < -0.39 is 0 Å². The van der Waals surface area contributed by atoms with Gasteiger partial charge in [-0.3, -0.25) is 0 Å². The van der Waals surface area contributed by atoms with Crippen molar-refractivity contribution in [1.29, 1.82) is 5.26 Å². The molecule has 0 amide bonds. The Balaban J connectivity index is 2.18. The van der Waals surface area contributed by atoms with Gasteiger partial charge in [-0.05, 0) is 19.1 Å². The minimum Gasteiger partial charge on any atom is -0.394 e. The van der Waals surface area contributed by atoms with E-state index in [1.807, 2.05) is 19.1 Å². The Morgan fingerprint density at radius 3 is 3.18 bits per heavy atom. The highest BCUT2D eigenvalue weighted by molar-refractivity contribution is 5.49. The normalized spacial score (nSPS) is 24.4. The van der Waals surface area contributed by atoms with Gasteiger partial charge in [0.2, 0.25) is 0 Å². The second kappa shape index (κ2) is 5.13. The molecule has 0 saturated carbocycles. The van der Waals surface area contributed by atoms with Crippen molar-refractivity contribution < 1.29 is 9.84 Å². The minimum absolute atomic E-state index is 0.0109. The van der Waals surface area contributed by atoms with Crippen molar-refractivity contribution in [3.05, 3.63) is 24.0 Å². The van der Waals surface area contributed by atoms with Crippen molar-refractivity contribution in [1.82, 2.24) is 4.98 Å². The van der Waals surface area contributed by atoms with Crippen LogP contribution in [-0.4, -0.2) is 42.0 Å². The number of aliphatic hydroxyl groups excluding tert-OH is 1. The summed E-state index contributed by atoms with van der Waals surface area (Å²) in [5.41, 5.74) is 1.35. The smallest absolute Gasteiger partial charge is 0.142 e. The number of nitrogens with zero attached hydrogens (tertiary/aromatic N) is 3. The fraction of sp³-hybridized carbons (Fsp3) is 0.500. The molecular formula is C12H15N3O2. The van der Waals surface area contributed by atoms with E-state index in [1.165, 1.54) is 0 Å². The monoisotopic (exact) mass is 233 g/mol. The Labute approximate surface area is 100 Å². The molecule has 0 spiro atoms. The Morgan fingerprint density at radius 1 is 1.65 bits per heavy atom. The van der Waals surface area contributed by atoms with E-state index >= 15 is 0 Å². The van der Waals surface area contributed by atoms with Crippen LogP contribution in [0, 0.1) is 11.3 Å². The lowest BCUT2D eigenvalue weighted by Crippen LogP contribution is -2.48. The standard InChI is InChI=1S/C12H15N3O2/c1-9-6-15(7-12(8-16)17-9)11-2-3-14-10(4-11)5-13/h2-4,9,12,16H,6-8H2,1H3. The summed E-state index contributed by atoms with van der Waals surface area (Å²) in [4.78, 5) is 6.05. The summed E-state index contributed by atoms with van der Waals surface area (Å²) in [5.74, 6) is 0. The highest BCUT2D eigenvalue weighted by atomic mass is 16.5. The summed E-state index contributed by atoms with van der Waals surface area (Å²) < 4.78 is 5.57. The molecule has 1 aliphatic rings. The molecule has 0 aromatic carbocycles. The molecular weight excluding hydrogens is 218 g/mol. The molecule has 1 aromatic heterocycles. The molecule has 2 atom stereocenters. The molecule has 2 rings (SSSR count). The van der Waals surface area contributed by atoms with Gasteiger partial charge in [-0.15, -0.1) is 0 Å². The Kier molecular flexibility index (Phi) is 3.57. The molecule has 0 bridgehead atoms. The van der Waals surface area contributed by atoms with E-state index in [0.29, 0.717) is 12.2 Å². The number of nitriles is 1. The first-order valence-corrected chi connectivity index (χ1v) is 5.60. The van der Waals surface area contributed by atoms with Gasteiger partial charge in [0.25, 0.3) is 0 Å². The quantitative estimate of drug-likeness (QED) is 0.807. The predicted octanol–water partition coefficient (Wildman–Crippen LogP) is 0.539. The first-order valence-electron chi connectivity index (χ1n) is 5.60. The van der Waals surface area contributed by atoms with Crippen LogP contribution in [0.5, 0.6) is 0 Å². The molecule has 17 heavy (non-hydrogen) atoms. The number of aromatic nitrogens is 1. The van der Waals surface area contributed by atoms with Gasteiger partial charge in [-0.2, -0.15) is 5.26 Å². The Hall–Kier alpha value is -1.64. The summed E-state index contributed by atoms with van der Waals surface area (Å²) in [5, 5.41) is 18.0. The second-order valence-electron chi connectivity index (χ2n) is 4.17. The van der Waals surface area contributed by atoms with E-state index in [2.05, 4.69) is 9.88 Å². The molecule has 1 fully saturated rings. The molecule has 0 radical (unpaired) electrons. The molecule has 2 heterocycles. The second-order valence-corrected chi connectivity index (χ2v) is 4.17. The van der Waals surface area contributed by atoms with E-state index in [0.717, 1.165) is 12.2 Å². The third-order valence-electron chi connectivity index (χ3n) is 2.75. The topological polar surface area (TPSA) is 69.4 Å². The number of anilines is 1. The van der Waals surface area contributed by atoms with Crippen LogP contribution >= 0.6 is 0 Å². The molecule has 1 aliphatic heterocycles. The van der Waals surface area contributed by atoms with Crippen molar-refractivity contribution in [3.63, 3.8) is 0 Å².